The zero-order valence-corrected chi connectivity index (χ0v) is 26.0. The minimum atomic E-state index is -1.58. The number of furan rings is 1. The summed E-state index contributed by atoms with van der Waals surface area (Å²) in [5, 5.41) is 3.60. The van der Waals surface area contributed by atoms with Crippen LogP contribution in [0.5, 0.6) is 0 Å². The SMILES string of the molecule is [2H]c1c([2H])c(-c2ccccc2)c2c(oc3c([2H])c(-c4nc(-c5ccc([Si](C)(C)C)cc5)nc(-c5cccc6ccccc56)n4)c([2H])c([2H])c32)c1[2H]. The Morgan fingerprint density at radius 1 is 0.556 bits per heavy atom. The number of nitrogens with zero attached hydrogens (tertiary/aromatic N) is 3. The summed E-state index contributed by atoms with van der Waals surface area (Å²) < 4.78 is 60.3. The van der Waals surface area contributed by atoms with E-state index in [0.29, 0.717) is 22.8 Å². The second-order valence-corrected chi connectivity index (χ2v) is 17.1. The van der Waals surface area contributed by atoms with Gasteiger partial charge in [0.15, 0.2) is 17.5 Å². The van der Waals surface area contributed by atoms with Gasteiger partial charge < -0.3 is 4.42 Å². The third kappa shape index (κ3) is 4.91. The number of rotatable bonds is 5. The quantitative estimate of drug-likeness (QED) is 0.184. The van der Waals surface area contributed by atoms with Crippen LogP contribution in [0.15, 0.2) is 138 Å². The Hall–Kier alpha value is -5.39. The third-order valence-corrected chi connectivity index (χ3v) is 10.1. The molecule has 0 bridgehead atoms. The van der Waals surface area contributed by atoms with Crippen LogP contribution in [0.3, 0.4) is 0 Å². The number of fused-ring (bicyclic) bond motifs is 4. The first-order chi connectivity index (χ1) is 24.4. The van der Waals surface area contributed by atoms with E-state index < -0.39 is 8.07 Å². The van der Waals surface area contributed by atoms with E-state index in [1.54, 1.807) is 24.3 Å². The van der Waals surface area contributed by atoms with Gasteiger partial charge in [0.25, 0.3) is 0 Å². The average molecular weight is 604 g/mol. The van der Waals surface area contributed by atoms with Gasteiger partial charge in [-0.25, -0.2) is 15.0 Å². The van der Waals surface area contributed by atoms with Crippen LogP contribution in [0.25, 0.3) is 78.0 Å². The van der Waals surface area contributed by atoms with Crippen molar-refractivity contribution in [2.75, 3.05) is 0 Å². The Balaban J connectivity index is 1.43. The zero-order valence-electron chi connectivity index (χ0n) is 31.0. The molecule has 0 spiro atoms. The molecule has 5 heteroatoms. The van der Waals surface area contributed by atoms with Crippen LogP contribution in [0, 0.1) is 0 Å². The molecule has 2 heterocycles. The molecular formula is C40H31N3OSi. The van der Waals surface area contributed by atoms with E-state index in [2.05, 4.69) is 31.8 Å². The Bertz CT molecular complexity index is 2690. The standard InChI is InChI=1S/C40H31N3OSi/c1-45(2,3)30-22-19-28(20-23-30)38-41-39(43-40(42-38)33-17-9-14-26-13-7-8-15-31(26)33)29-21-24-34-36(25-29)44-35-18-10-16-32(37(34)35)27-11-5-4-6-12-27/h4-25H,1-3H3/i10D,16D,18D,21D,24D,25D. The van der Waals surface area contributed by atoms with Gasteiger partial charge >= 0.3 is 0 Å². The zero-order chi connectivity index (χ0) is 35.8. The fraction of sp³-hybridized carbons (Fsp3) is 0.0750. The summed E-state index contributed by atoms with van der Waals surface area (Å²) in [7, 11) is -1.58. The van der Waals surface area contributed by atoms with Crippen molar-refractivity contribution >= 4 is 46.0 Å². The maximum Gasteiger partial charge on any atom is 0.164 e. The molecule has 0 radical (unpaired) electrons. The monoisotopic (exact) mass is 603 g/mol. The molecule has 0 aliphatic rings. The van der Waals surface area contributed by atoms with Crippen LogP contribution >= 0.6 is 0 Å². The molecule has 216 valence electrons. The first-order valence-corrected chi connectivity index (χ1v) is 18.3. The Morgan fingerprint density at radius 2 is 1.27 bits per heavy atom. The van der Waals surface area contributed by atoms with Gasteiger partial charge in [-0.15, -0.1) is 0 Å². The first-order valence-electron chi connectivity index (χ1n) is 17.8. The maximum absolute atomic E-state index is 9.43. The third-order valence-electron chi connectivity index (χ3n) is 8.03. The summed E-state index contributed by atoms with van der Waals surface area (Å²) >= 11 is 0. The molecule has 0 aliphatic carbocycles. The van der Waals surface area contributed by atoms with Crippen molar-refractivity contribution in [3.8, 4) is 45.3 Å². The maximum atomic E-state index is 9.43. The molecule has 0 amide bonds. The lowest BCUT2D eigenvalue weighted by Gasteiger charge is -2.16. The summed E-state index contributed by atoms with van der Waals surface area (Å²) in [6.45, 7) is 6.84. The lowest BCUT2D eigenvalue weighted by atomic mass is 9.99. The van der Waals surface area contributed by atoms with E-state index >= 15 is 0 Å². The number of benzene rings is 6. The Labute approximate surface area is 271 Å². The molecule has 0 fully saturated rings. The van der Waals surface area contributed by atoms with E-state index in [1.807, 2.05) is 60.7 Å². The van der Waals surface area contributed by atoms with Crippen LogP contribution in [0.2, 0.25) is 19.6 Å². The van der Waals surface area contributed by atoms with E-state index in [1.165, 1.54) is 5.19 Å². The van der Waals surface area contributed by atoms with Gasteiger partial charge in [0.1, 0.15) is 11.2 Å². The lowest BCUT2D eigenvalue weighted by Crippen LogP contribution is -2.37. The van der Waals surface area contributed by atoms with Crippen LogP contribution in [0.1, 0.15) is 8.22 Å². The summed E-state index contributed by atoms with van der Waals surface area (Å²) in [6, 6.07) is 29.4. The molecule has 8 rings (SSSR count). The van der Waals surface area contributed by atoms with Crippen LogP contribution < -0.4 is 5.19 Å². The minimum absolute atomic E-state index is 0.0135. The molecule has 0 saturated heterocycles. The largest absolute Gasteiger partial charge is 0.456 e. The Kier molecular flexibility index (Phi) is 5.05. The van der Waals surface area contributed by atoms with E-state index in [0.717, 1.165) is 21.9 Å². The van der Waals surface area contributed by atoms with Gasteiger partial charge in [0, 0.05) is 27.5 Å². The second-order valence-electron chi connectivity index (χ2n) is 12.0. The minimum Gasteiger partial charge on any atom is -0.456 e. The van der Waals surface area contributed by atoms with E-state index in [4.69, 9.17) is 23.5 Å². The summed E-state index contributed by atoms with van der Waals surface area (Å²) in [6.07, 6.45) is 0. The summed E-state index contributed by atoms with van der Waals surface area (Å²) in [5.41, 5.74) is 2.35. The fourth-order valence-electron chi connectivity index (χ4n) is 5.66. The van der Waals surface area contributed by atoms with Crippen LogP contribution in [-0.4, -0.2) is 23.0 Å². The number of aromatic nitrogens is 3. The van der Waals surface area contributed by atoms with Gasteiger partial charge in [-0.3, -0.25) is 0 Å². The molecule has 0 atom stereocenters. The van der Waals surface area contributed by atoms with Gasteiger partial charge in [0.2, 0.25) is 0 Å². The van der Waals surface area contributed by atoms with E-state index in [-0.39, 0.29) is 69.6 Å². The second kappa shape index (κ2) is 10.6. The van der Waals surface area contributed by atoms with Crippen molar-refractivity contribution in [3.63, 3.8) is 0 Å². The van der Waals surface area contributed by atoms with Crippen LogP contribution in [-0.2, 0) is 0 Å². The summed E-state index contributed by atoms with van der Waals surface area (Å²) in [5.74, 6) is 0.756. The predicted octanol–water partition coefficient (Wildman–Crippen LogP) is 10.1. The molecule has 45 heavy (non-hydrogen) atoms. The highest BCUT2D eigenvalue weighted by Gasteiger charge is 2.19. The predicted molar refractivity (Wildman–Crippen MR) is 189 cm³/mol. The number of hydrogen-bond donors (Lipinski definition) is 0. The normalized spacial score (nSPS) is 13.8. The van der Waals surface area contributed by atoms with Gasteiger partial charge in [-0.05, 0) is 40.0 Å². The summed E-state index contributed by atoms with van der Waals surface area (Å²) in [4.78, 5) is 14.6. The molecule has 0 saturated carbocycles. The Morgan fingerprint density at radius 3 is 2.07 bits per heavy atom. The highest BCUT2D eigenvalue weighted by molar-refractivity contribution is 6.88. The molecule has 2 aromatic heterocycles. The van der Waals surface area contributed by atoms with Crippen molar-refractivity contribution in [1.29, 1.82) is 0 Å². The smallest absolute Gasteiger partial charge is 0.164 e. The highest BCUT2D eigenvalue weighted by atomic mass is 28.3. The molecule has 8 aromatic rings. The van der Waals surface area contributed by atoms with Gasteiger partial charge in [-0.2, -0.15) is 0 Å². The molecule has 4 nitrogen and oxygen atoms in total. The molecular weight excluding hydrogens is 567 g/mol. The first kappa shape index (κ1) is 21.3. The number of hydrogen-bond acceptors (Lipinski definition) is 4. The van der Waals surface area contributed by atoms with Gasteiger partial charge in [-0.1, -0.05) is 140 Å². The molecule has 6 aromatic carbocycles. The average Bonchev–Trinajstić information content (AvgIpc) is 3.54. The molecule has 0 aliphatic heterocycles. The van der Waals surface area contributed by atoms with Gasteiger partial charge in [0.05, 0.1) is 16.3 Å². The van der Waals surface area contributed by atoms with Crippen molar-refractivity contribution in [2.45, 2.75) is 19.6 Å². The van der Waals surface area contributed by atoms with Crippen LogP contribution in [0.4, 0.5) is 0 Å². The molecule has 0 N–H and O–H groups in total. The van der Waals surface area contributed by atoms with Crippen molar-refractivity contribution < 1.29 is 12.6 Å². The fourth-order valence-corrected chi connectivity index (χ4v) is 6.82. The van der Waals surface area contributed by atoms with Crippen molar-refractivity contribution in [2.24, 2.45) is 0 Å². The molecule has 0 unspecified atom stereocenters. The lowest BCUT2D eigenvalue weighted by molar-refractivity contribution is 0.669. The van der Waals surface area contributed by atoms with E-state index in [9.17, 15) is 4.11 Å². The van der Waals surface area contributed by atoms with Crippen molar-refractivity contribution in [1.82, 2.24) is 15.0 Å². The topological polar surface area (TPSA) is 51.8 Å². The van der Waals surface area contributed by atoms with Crippen molar-refractivity contribution in [3.05, 3.63) is 133 Å². The highest BCUT2D eigenvalue weighted by Crippen LogP contribution is 2.38.